The molecule has 1 saturated heterocycles. The number of rotatable bonds is 4. The number of hydrogen-bond donors (Lipinski definition) is 1. The molecular formula is C22H25ClN2O3. The van der Waals surface area contributed by atoms with Gasteiger partial charge in [-0.05, 0) is 61.7 Å². The van der Waals surface area contributed by atoms with Gasteiger partial charge in [-0.2, -0.15) is 0 Å². The number of hydrogen-bond acceptors (Lipinski definition) is 4. The highest BCUT2D eigenvalue weighted by Gasteiger charge is 2.28. The quantitative estimate of drug-likeness (QED) is 0.815. The summed E-state index contributed by atoms with van der Waals surface area (Å²) < 4.78 is 11.6. The molecule has 4 rings (SSSR count). The van der Waals surface area contributed by atoms with Crippen LogP contribution in [0.2, 0.25) is 5.02 Å². The lowest BCUT2D eigenvalue weighted by molar-refractivity contribution is -0.117. The van der Waals surface area contributed by atoms with Crippen LogP contribution in [-0.4, -0.2) is 37.1 Å². The lowest BCUT2D eigenvalue weighted by Gasteiger charge is -2.25. The topological polar surface area (TPSA) is 50.8 Å². The monoisotopic (exact) mass is 400 g/mol. The van der Waals surface area contributed by atoms with Gasteiger partial charge in [-0.3, -0.25) is 9.69 Å². The van der Waals surface area contributed by atoms with Crippen molar-refractivity contribution in [2.24, 2.45) is 0 Å². The van der Waals surface area contributed by atoms with Gasteiger partial charge in [0.2, 0.25) is 5.91 Å². The maximum Gasteiger partial charge on any atom is 0.238 e. The Morgan fingerprint density at radius 1 is 1.18 bits per heavy atom. The zero-order valence-electron chi connectivity index (χ0n) is 16.0. The van der Waals surface area contributed by atoms with E-state index < -0.39 is 0 Å². The molecule has 2 aromatic rings. The number of benzene rings is 2. The van der Waals surface area contributed by atoms with Gasteiger partial charge in [-0.15, -0.1) is 0 Å². The fraction of sp³-hybridized carbons (Fsp3) is 0.409. The molecule has 2 aromatic carbocycles. The summed E-state index contributed by atoms with van der Waals surface area (Å²) in [4.78, 5) is 14.9. The van der Waals surface area contributed by atoms with E-state index in [1.165, 1.54) is 5.56 Å². The van der Waals surface area contributed by atoms with Gasteiger partial charge in [0, 0.05) is 23.2 Å². The van der Waals surface area contributed by atoms with Crippen LogP contribution in [0.25, 0.3) is 0 Å². The predicted molar refractivity (Wildman–Crippen MR) is 110 cm³/mol. The lowest BCUT2D eigenvalue weighted by Crippen LogP contribution is -2.33. The smallest absolute Gasteiger partial charge is 0.238 e. The molecule has 2 heterocycles. The summed E-state index contributed by atoms with van der Waals surface area (Å²) in [6, 6.07) is 11.9. The van der Waals surface area contributed by atoms with E-state index in [2.05, 4.69) is 22.3 Å². The minimum atomic E-state index is -0.0217. The third kappa shape index (κ3) is 4.10. The Morgan fingerprint density at radius 2 is 2.00 bits per heavy atom. The van der Waals surface area contributed by atoms with Crippen molar-refractivity contribution in [3.8, 4) is 11.5 Å². The minimum absolute atomic E-state index is 0.0217. The van der Waals surface area contributed by atoms with E-state index in [0.717, 1.165) is 48.6 Å². The molecule has 2 aliphatic heterocycles. The van der Waals surface area contributed by atoms with Crippen molar-refractivity contribution < 1.29 is 14.3 Å². The summed E-state index contributed by atoms with van der Waals surface area (Å²) >= 11 is 6.16. The maximum absolute atomic E-state index is 12.6. The van der Waals surface area contributed by atoms with Gasteiger partial charge in [0.15, 0.2) is 11.5 Å². The number of amides is 1. The first-order valence-corrected chi connectivity index (χ1v) is 10.2. The molecule has 0 aliphatic carbocycles. The van der Waals surface area contributed by atoms with Gasteiger partial charge in [0.25, 0.3) is 0 Å². The van der Waals surface area contributed by atoms with Crippen LogP contribution in [-0.2, 0) is 4.79 Å². The van der Waals surface area contributed by atoms with Gasteiger partial charge in [-0.25, -0.2) is 0 Å². The Morgan fingerprint density at radius 3 is 2.86 bits per heavy atom. The molecule has 6 heteroatoms. The largest absolute Gasteiger partial charge is 0.490 e. The summed E-state index contributed by atoms with van der Waals surface area (Å²) in [6.07, 6.45) is 2.99. The highest BCUT2D eigenvalue weighted by atomic mass is 35.5. The third-order valence-electron chi connectivity index (χ3n) is 5.41. The predicted octanol–water partition coefficient (Wildman–Crippen LogP) is 4.59. The first kappa shape index (κ1) is 19.1. The average Bonchev–Trinajstić information content (AvgIpc) is 3.00. The molecule has 0 radical (unpaired) electrons. The summed E-state index contributed by atoms with van der Waals surface area (Å²) in [5.41, 5.74) is 2.83. The molecule has 1 fully saturated rings. The van der Waals surface area contributed by atoms with E-state index in [4.69, 9.17) is 21.1 Å². The Labute approximate surface area is 170 Å². The number of nitrogens with zero attached hydrogens (tertiary/aromatic N) is 1. The first-order valence-electron chi connectivity index (χ1n) is 9.80. The summed E-state index contributed by atoms with van der Waals surface area (Å²) in [6.45, 7) is 4.53. The van der Waals surface area contributed by atoms with Crippen LogP contribution >= 0.6 is 11.6 Å². The van der Waals surface area contributed by atoms with E-state index in [0.29, 0.717) is 24.8 Å². The van der Waals surface area contributed by atoms with Gasteiger partial charge in [0.05, 0.1) is 19.8 Å². The van der Waals surface area contributed by atoms with Crippen molar-refractivity contribution in [2.45, 2.75) is 32.2 Å². The zero-order valence-corrected chi connectivity index (χ0v) is 16.8. The molecule has 0 spiro atoms. The van der Waals surface area contributed by atoms with Crippen LogP contribution in [0.5, 0.6) is 11.5 Å². The number of carbonyl (C=O) groups excluding carboxylic acids is 1. The summed E-state index contributed by atoms with van der Waals surface area (Å²) in [5, 5.41) is 3.65. The number of fused-ring (bicyclic) bond motifs is 1. The van der Waals surface area contributed by atoms with Crippen LogP contribution < -0.4 is 14.8 Å². The van der Waals surface area contributed by atoms with Crippen LogP contribution in [0.15, 0.2) is 36.4 Å². The van der Waals surface area contributed by atoms with Crippen molar-refractivity contribution in [3.05, 3.63) is 52.5 Å². The average molecular weight is 401 g/mol. The second-order valence-corrected chi connectivity index (χ2v) is 7.75. The third-order valence-corrected chi connectivity index (χ3v) is 5.82. The van der Waals surface area contributed by atoms with E-state index in [1.807, 2.05) is 31.2 Å². The van der Waals surface area contributed by atoms with Crippen molar-refractivity contribution in [1.29, 1.82) is 0 Å². The first-order chi connectivity index (χ1) is 13.6. The Hall–Kier alpha value is -2.24. The van der Waals surface area contributed by atoms with E-state index in [9.17, 15) is 4.79 Å². The summed E-state index contributed by atoms with van der Waals surface area (Å²) in [5.74, 6) is 1.59. The molecule has 2 aliphatic rings. The van der Waals surface area contributed by atoms with E-state index in [-0.39, 0.29) is 11.9 Å². The summed E-state index contributed by atoms with van der Waals surface area (Å²) in [7, 11) is 0. The number of ether oxygens (including phenoxy) is 2. The van der Waals surface area contributed by atoms with Crippen molar-refractivity contribution in [2.75, 3.05) is 31.6 Å². The van der Waals surface area contributed by atoms with Crippen LogP contribution in [0.1, 0.15) is 36.4 Å². The van der Waals surface area contributed by atoms with Crippen LogP contribution in [0, 0.1) is 6.92 Å². The number of carbonyl (C=O) groups is 1. The standard InChI is InChI=1S/C22H25ClN2O3/c1-15-17(23)5-2-6-18(15)24-22(26)14-25-10-3-7-19(25)16-8-9-20-21(13-16)28-12-4-11-27-20/h2,5-6,8-9,13,19H,3-4,7,10-12,14H2,1H3,(H,24,26)/t19-/m1/s1. The Bertz CT molecular complexity index is 871. The molecule has 148 valence electrons. The molecule has 0 bridgehead atoms. The van der Waals surface area contributed by atoms with Crippen molar-refractivity contribution in [1.82, 2.24) is 4.90 Å². The Balaban J connectivity index is 1.46. The molecule has 0 aromatic heterocycles. The van der Waals surface area contributed by atoms with Gasteiger partial charge in [0.1, 0.15) is 0 Å². The van der Waals surface area contributed by atoms with Crippen molar-refractivity contribution in [3.63, 3.8) is 0 Å². The number of likely N-dealkylation sites (tertiary alicyclic amines) is 1. The number of halogens is 1. The number of nitrogens with one attached hydrogen (secondary N) is 1. The lowest BCUT2D eigenvalue weighted by atomic mass is 10.0. The second kappa shape index (κ2) is 8.41. The molecule has 28 heavy (non-hydrogen) atoms. The molecule has 1 atom stereocenters. The van der Waals surface area contributed by atoms with Gasteiger partial charge in [-0.1, -0.05) is 23.7 Å². The minimum Gasteiger partial charge on any atom is -0.490 e. The second-order valence-electron chi connectivity index (χ2n) is 7.35. The van der Waals surface area contributed by atoms with Gasteiger partial charge < -0.3 is 14.8 Å². The van der Waals surface area contributed by atoms with Crippen LogP contribution in [0.4, 0.5) is 5.69 Å². The molecule has 0 unspecified atom stereocenters. The zero-order chi connectivity index (χ0) is 19.5. The molecule has 1 N–H and O–H groups in total. The Kier molecular flexibility index (Phi) is 5.74. The van der Waals surface area contributed by atoms with E-state index in [1.54, 1.807) is 0 Å². The molecule has 1 amide bonds. The SMILES string of the molecule is Cc1c(Cl)cccc1NC(=O)CN1CCC[C@@H]1c1ccc2c(c1)OCCCO2. The molecular weight excluding hydrogens is 376 g/mol. The highest BCUT2D eigenvalue weighted by molar-refractivity contribution is 6.31. The van der Waals surface area contributed by atoms with E-state index >= 15 is 0 Å². The fourth-order valence-electron chi connectivity index (χ4n) is 3.90. The molecule has 5 nitrogen and oxygen atoms in total. The van der Waals surface area contributed by atoms with Crippen molar-refractivity contribution >= 4 is 23.2 Å². The maximum atomic E-state index is 12.6. The highest BCUT2D eigenvalue weighted by Crippen LogP contribution is 2.37. The molecule has 0 saturated carbocycles. The number of anilines is 1. The fourth-order valence-corrected chi connectivity index (χ4v) is 4.07. The normalized spacial score (nSPS) is 19.3. The van der Waals surface area contributed by atoms with Gasteiger partial charge >= 0.3 is 0 Å². The van der Waals surface area contributed by atoms with Crippen LogP contribution in [0.3, 0.4) is 0 Å².